The molecule has 0 radical (unpaired) electrons. The SMILES string of the molecule is CCCCOc1ccc(S(=O)(=O)NC(=O)N2CCC(N3CCC(Oc4ccc(Cl)c(Cl)c4)CC3)CC2)cc1. The van der Waals surface area contributed by atoms with Gasteiger partial charge in [0.05, 0.1) is 21.5 Å². The standard InChI is InChI=1S/C27H35Cl2N3O5S/c1-2-3-18-36-21-4-7-24(8-5-21)38(34,35)30-27(33)32-14-10-20(11-15-32)31-16-12-22(13-17-31)37-23-6-9-25(28)26(29)19-23/h4-9,19-20,22H,2-3,10-18H2,1H3,(H,30,33). The fraction of sp³-hybridized carbons (Fsp3) is 0.519. The summed E-state index contributed by atoms with van der Waals surface area (Å²) in [7, 11) is -3.96. The van der Waals surface area contributed by atoms with Gasteiger partial charge in [0.1, 0.15) is 17.6 Å². The molecule has 0 saturated carbocycles. The molecule has 2 fully saturated rings. The van der Waals surface area contributed by atoms with E-state index in [1.807, 2.05) is 6.07 Å². The second kappa shape index (κ2) is 13.2. The van der Waals surface area contributed by atoms with Crippen LogP contribution < -0.4 is 14.2 Å². The van der Waals surface area contributed by atoms with E-state index in [-0.39, 0.29) is 11.0 Å². The summed E-state index contributed by atoms with van der Waals surface area (Å²) in [5, 5.41) is 0.990. The molecule has 4 rings (SSSR count). The van der Waals surface area contributed by atoms with Gasteiger partial charge in [0.15, 0.2) is 0 Å². The number of hydrogen-bond donors (Lipinski definition) is 1. The zero-order valence-electron chi connectivity index (χ0n) is 21.6. The van der Waals surface area contributed by atoms with Gasteiger partial charge < -0.3 is 14.4 Å². The Labute approximate surface area is 235 Å². The van der Waals surface area contributed by atoms with Crippen LogP contribution in [0.1, 0.15) is 45.4 Å². The van der Waals surface area contributed by atoms with Gasteiger partial charge in [-0.05, 0) is 68.5 Å². The molecule has 0 aliphatic carbocycles. The van der Waals surface area contributed by atoms with E-state index in [9.17, 15) is 13.2 Å². The van der Waals surface area contributed by atoms with E-state index in [0.717, 1.165) is 57.4 Å². The van der Waals surface area contributed by atoms with Gasteiger partial charge in [-0.25, -0.2) is 17.9 Å². The molecule has 2 aromatic rings. The number of carbonyl (C=O) groups excluding carboxylic acids is 1. The van der Waals surface area contributed by atoms with Crippen molar-refractivity contribution in [2.75, 3.05) is 32.8 Å². The van der Waals surface area contributed by atoms with Crippen molar-refractivity contribution in [1.82, 2.24) is 14.5 Å². The molecule has 11 heteroatoms. The fourth-order valence-electron chi connectivity index (χ4n) is 4.82. The minimum Gasteiger partial charge on any atom is -0.494 e. The number of halogens is 2. The van der Waals surface area contributed by atoms with E-state index >= 15 is 0 Å². The molecular weight excluding hydrogens is 549 g/mol. The molecule has 1 N–H and O–H groups in total. The van der Waals surface area contributed by atoms with E-state index in [1.165, 1.54) is 12.1 Å². The molecule has 208 valence electrons. The summed E-state index contributed by atoms with van der Waals surface area (Å²) >= 11 is 12.1. The Morgan fingerprint density at radius 2 is 1.61 bits per heavy atom. The molecule has 0 unspecified atom stereocenters. The highest BCUT2D eigenvalue weighted by Gasteiger charge is 2.31. The number of ether oxygens (including phenoxy) is 2. The van der Waals surface area contributed by atoms with Crippen molar-refractivity contribution < 1.29 is 22.7 Å². The van der Waals surface area contributed by atoms with Crippen LogP contribution in [0.25, 0.3) is 0 Å². The maximum Gasteiger partial charge on any atom is 0.331 e. The van der Waals surface area contributed by atoms with Gasteiger partial charge in [0.2, 0.25) is 0 Å². The highest BCUT2D eigenvalue weighted by atomic mass is 35.5. The maximum absolute atomic E-state index is 12.7. The number of nitrogens with zero attached hydrogens (tertiary/aromatic N) is 2. The summed E-state index contributed by atoms with van der Waals surface area (Å²) in [6.45, 7) is 5.50. The monoisotopic (exact) mass is 583 g/mol. The van der Waals surface area contributed by atoms with Crippen molar-refractivity contribution in [3.8, 4) is 11.5 Å². The minimum atomic E-state index is -3.96. The Balaban J connectivity index is 1.20. The molecule has 0 spiro atoms. The van der Waals surface area contributed by atoms with Gasteiger partial charge >= 0.3 is 6.03 Å². The summed E-state index contributed by atoms with van der Waals surface area (Å²) in [4.78, 5) is 16.8. The molecule has 2 saturated heterocycles. The number of likely N-dealkylation sites (tertiary alicyclic amines) is 2. The second-order valence-electron chi connectivity index (χ2n) is 9.73. The van der Waals surface area contributed by atoms with Crippen LogP contribution in [0.2, 0.25) is 10.0 Å². The summed E-state index contributed by atoms with van der Waals surface area (Å²) in [5.41, 5.74) is 0. The zero-order chi connectivity index (χ0) is 27.1. The second-order valence-corrected chi connectivity index (χ2v) is 12.2. The first-order valence-corrected chi connectivity index (χ1v) is 15.4. The average molecular weight is 585 g/mol. The molecule has 0 bridgehead atoms. The van der Waals surface area contributed by atoms with Crippen molar-refractivity contribution in [3.05, 3.63) is 52.5 Å². The predicted molar refractivity (Wildman–Crippen MR) is 149 cm³/mol. The number of rotatable bonds is 9. The maximum atomic E-state index is 12.7. The topological polar surface area (TPSA) is 88.2 Å². The Morgan fingerprint density at radius 1 is 0.947 bits per heavy atom. The lowest BCUT2D eigenvalue weighted by atomic mass is 9.99. The Bertz CT molecular complexity index is 1180. The number of benzene rings is 2. The highest BCUT2D eigenvalue weighted by Crippen LogP contribution is 2.29. The van der Waals surface area contributed by atoms with E-state index in [2.05, 4.69) is 16.5 Å². The molecular formula is C27H35Cl2N3O5S. The van der Waals surface area contributed by atoms with Gasteiger partial charge in [-0.3, -0.25) is 4.90 Å². The summed E-state index contributed by atoms with van der Waals surface area (Å²) < 4.78 is 39.4. The molecule has 2 aromatic carbocycles. The van der Waals surface area contributed by atoms with Crippen molar-refractivity contribution >= 4 is 39.3 Å². The van der Waals surface area contributed by atoms with Crippen LogP contribution in [0.4, 0.5) is 4.79 Å². The first-order valence-electron chi connectivity index (χ1n) is 13.2. The van der Waals surface area contributed by atoms with E-state index in [1.54, 1.807) is 29.2 Å². The zero-order valence-corrected chi connectivity index (χ0v) is 23.9. The lowest BCUT2D eigenvalue weighted by Gasteiger charge is -2.41. The van der Waals surface area contributed by atoms with E-state index < -0.39 is 16.1 Å². The highest BCUT2D eigenvalue weighted by molar-refractivity contribution is 7.90. The number of piperidine rings is 2. The Morgan fingerprint density at radius 3 is 2.24 bits per heavy atom. The first kappa shape index (κ1) is 28.8. The van der Waals surface area contributed by atoms with Gasteiger partial charge in [0, 0.05) is 38.3 Å². The predicted octanol–water partition coefficient (Wildman–Crippen LogP) is 5.58. The van der Waals surface area contributed by atoms with Crippen molar-refractivity contribution in [2.45, 2.75) is 62.5 Å². The van der Waals surface area contributed by atoms with Crippen LogP contribution in [-0.4, -0.2) is 69.2 Å². The van der Waals surface area contributed by atoms with Crippen LogP contribution in [0, 0.1) is 0 Å². The van der Waals surface area contributed by atoms with Crippen molar-refractivity contribution in [1.29, 1.82) is 0 Å². The smallest absolute Gasteiger partial charge is 0.331 e. The van der Waals surface area contributed by atoms with Crippen LogP contribution >= 0.6 is 23.2 Å². The summed E-state index contributed by atoms with van der Waals surface area (Å²) in [6.07, 6.45) is 5.48. The summed E-state index contributed by atoms with van der Waals surface area (Å²) in [6, 6.07) is 11.2. The molecule has 2 amide bonds. The molecule has 38 heavy (non-hydrogen) atoms. The third-order valence-electron chi connectivity index (χ3n) is 7.06. The third kappa shape index (κ3) is 7.68. The quantitative estimate of drug-likeness (QED) is 0.388. The van der Waals surface area contributed by atoms with Gasteiger partial charge in [-0.2, -0.15) is 0 Å². The number of nitrogens with one attached hydrogen (secondary N) is 1. The van der Waals surface area contributed by atoms with E-state index in [0.29, 0.717) is 41.5 Å². The molecule has 8 nitrogen and oxygen atoms in total. The van der Waals surface area contributed by atoms with Crippen LogP contribution in [0.15, 0.2) is 47.4 Å². The lowest BCUT2D eigenvalue weighted by Crippen LogP contribution is -2.52. The van der Waals surface area contributed by atoms with Gasteiger partial charge in [0.25, 0.3) is 10.0 Å². The number of sulfonamides is 1. The largest absolute Gasteiger partial charge is 0.494 e. The normalized spacial score (nSPS) is 17.8. The molecule has 2 aliphatic heterocycles. The number of carbonyl (C=O) groups is 1. The van der Waals surface area contributed by atoms with Gasteiger partial charge in [-0.1, -0.05) is 36.5 Å². The summed E-state index contributed by atoms with van der Waals surface area (Å²) in [5.74, 6) is 1.33. The first-order chi connectivity index (χ1) is 18.2. The molecule has 2 aliphatic rings. The molecule has 2 heterocycles. The minimum absolute atomic E-state index is 0.0366. The van der Waals surface area contributed by atoms with Crippen LogP contribution in [0.5, 0.6) is 11.5 Å². The molecule has 0 aromatic heterocycles. The third-order valence-corrected chi connectivity index (χ3v) is 9.14. The Kier molecular flexibility index (Phi) is 10.0. The van der Waals surface area contributed by atoms with Crippen molar-refractivity contribution in [3.63, 3.8) is 0 Å². The fourth-order valence-corrected chi connectivity index (χ4v) is 6.08. The number of unbranched alkanes of at least 4 members (excludes halogenated alkanes) is 1. The lowest BCUT2D eigenvalue weighted by molar-refractivity contribution is 0.0540. The molecule has 0 atom stereocenters. The number of urea groups is 1. The average Bonchev–Trinajstić information content (AvgIpc) is 2.91. The number of hydrogen-bond acceptors (Lipinski definition) is 6. The number of amides is 2. The van der Waals surface area contributed by atoms with Crippen molar-refractivity contribution in [2.24, 2.45) is 0 Å². The Hall–Kier alpha value is -2.20. The van der Waals surface area contributed by atoms with Gasteiger partial charge in [-0.15, -0.1) is 0 Å². The van der Waals surface area contributed by atoms with Crippen LogP contribution in [-0.2, 0) is 10.0 Å². The van der Waals surface area contributed by atoms with E-state index in [4.69, 9.17) is 32.7 Å². The van der Waals surface area contributed by atoms with Crippen LogP contribution in [0.3, 0.4) is 0 Å².